The van der Waals surface area contributed by atoms with Gasteiger partial charge in [-0.1, -0.05) is 30.3 Å². The molecule has 1 aromatic carbocycles. The highest BCUT2D eigenvalue weighted by Gasteiger charge is 2.57. The van der Waals surface area contributed by atoms with E-state index in [-0.39, 0.29) is 18.6 Å². The topological polar surface area (TPSA) is 70.1 Å². The molecule has 0 saturated carbocycles. The lowest BCUT2D eigenvalue weighted by molar-refractivity contribution is -0.146. The molecule has 1 spiro atoms. The number of carbonyl (C=O) groups excluding carboxylic acids is 1. The number of rotatable bonds is 3. The van der Waals surface area contributed by atoms with E-state index in [0.29, 0.717) is 18.6 Å². The molecule has 0 aliphatic carbocycles. The number of fused-ring (bicyclic) bond motifs is 2. The fourth-order valence-corrected chi connectivity index (χ4v) is 5.28. The van der Waals surface area contributed by atoms with Crippen LogP contribution in [0.3, 0.4) is 0 Å². The molecule has 3 heterocycles. The molecule has 26 heavy (non-hydrogen) atoms. The van der Waals surface area contributed by atoms with E-state index in [1.165, 1.54) is 0 Å². The average molecular weight is 358 g/mol. The van der Waals surface area contributed by atoms with Gasteiger partial charge in [-0.25, -0.2) is 4.79 Å². The maximum Gasteiger partial charge on any atom is 0.410 e. The molecular formula is C20H26N2O4. The van der Waals surface area contributed by atoms with Gasteiger partial charge in [0.05, 0.1) is 5.92 Å². The molecule has 3 unspecified atom stereocenters. The molecule has 3 aliphatic heterocycles. The van der Waals surface area contributed by atoms with Gasteiger partial charge in [-0.15, -0.1) is 0 Å². The van der Waals surface area contributed by atoms with Crippen molar-refractivity contribution in [2.75, 3.05) is 20.1 Å². The third-order valence-electron chi connectivity index (χ3n) is 6.68. The van der Waals surface area contributed by atoms with Crippen molar-refractivity contribution >= 4 is 12.1 Å². The lowest BCUT2D eigenvalue weighted by atomic mass is 9.68. The Balaban J connectivity index is 1.46. The molecule has 0 radical (unpaired) electrons. The number of ether oxygens (including phenoxy) is 1. The number of hydrogen-bond donors (Lipinski definition) is 1. The number of nitrogens with zero attached hydrogens (tertiary/aromatic N) is 2. The quantitative estimate of drug-likeness (QED) is 0.899. The molecular weight excluding hydrogens is 332 g/mol. The Labute approximate surface area is 153 Å². The second-order valence-electron chi connectivity index (χ2n) is 8.13. The van der Waals surface area contributed by atoms with Crippen LogP contribution in [0.2, 0.25) is 0 Å². The van der Waals surface area contributed by atoms with E-state index < -0.39 is 18.0 Å². The Bertz CT molecular complexity index is 678. The van der Waals surface area contributed by atoms with E-state index in [4.69, 9.17) is 4.74 Å². The van der Waals surface area contributed by atoms with Crippen molar-refractivity contribution in [2.24, 2.45) is 11.3 Å². The maximum absolute atomic E-state index is 12.6. The van der Waals surface area contributed by atoms with Crippen molar-refractivity contribution in [2.45, 2.75) is 44.4 Å². The van der Waals surface area contributed by atoms with Crippen LogP contribution in [0.5, 0.6) is 0 Å². The number of likely N-dealkylation sites (tertiary alicyclic amines) is 1. The summed E-state index contributed by atoms with van der Waals surface area (Å²) in [5, 5.41) is 9.80. The number of carboxylic acids is 1. The predicted octanol–water partition coefficient (Wildman–Crippen LogP) is 2.58. The van der Waals surface area contributed by atoms with Crippen LogP contribution < -0.4 is 0 Å². The molecule has 4 rings (SSSR count). The first-order chi connectivity index (χ1) is 12.5. The van der Waals surface area contributed by atoms with Crippen molar-refractivity contribution in [3.63, 3.8) is 0 Å². The molecule has 140 valence electrons. The number of hydrogen-bond acceptors (Lipinski definition) is 4. The smallest absolute Gasteiger partial charge is 0.410 e. The molecule has 3 saturated heterocycles. The summed E-state index contributed by atoms with van der Waals surface area (Å²) in [7, 11) is 2.14. The van der Waals surface area contributed by atoms with E-state index in [1.807, 2.05) is 30.3 Å². The Morgan fingerprint density at radius 2 is 1.85 bits per heavy atom. The number of amides is 1. The Morgan fingerprint density at radius 3 is 2.46 bits per heavy atom. The van der Waals surface area contributed by atoms with Gasteiger partial charge in [-0.05, 0) is 38.3 Å². The van der Waals surface area contributed by atoms with Gasteiger partial charge in [0, 0.05) is 30.6 Å². The van der Waals surface area contributed by atoms with Crippen LogP contribution in [-0.4, -0.2) is 59.2 Å². The number of carboxylic acid groups (broad SMARTS) is 1. The first-order valence-corrected chi connectivity index (χ1v) is 9.39. The molecule has 0 aromatic heterocycles. The zero-order chi connectivity index (χ0) is 18.3. The fourth-order valence-electron chi connectivity index (χ4n) is 5.28. The number of piperidine rings is 1. The number of aliphatic carboxylic acids is 1. The zero-order valence-corrected chi connectivity index (χ0v) is 15.1. The molecule has 3 aliphatic rings. The second kappa shape index (κ2) is 6.58. The summed E-state index contributed by atoms with van der Waals surface area (Å²) in [6.45, 7) is 0.972. The van der Waals surface area contributed by atoms with Gasteiger partial charge in [-0.2, -0.15) is 0 Å². The van der Waals surface area contributed by atoms with E-state index in [1.54, 1.807) is 4.90 Å². The zero-order valence-electron chi connectivity index (χ0n) is 15.1. The minimum absolute atomic E-state index is 0.217. The first kappa shape index (κ1) is 17.3. The SMILES string of the molecule is CN1C2CCC1CC1(C2)CN(C(=O)OCc2ccccc2)CC1C(=O)O. The monoisotopic (exact) mass is 358 g/mol. The molecule has 1 aromatic rings. The molecule has 3 fully saturated rings. The van der Waals surface area contributed by atoms with Crippen LogP contribution in [0.4, 0.5) is 4.79 Å². The number of carbonyl (C=O) groups is 2. The van der Waals surface area contributed by atoms with Gasteiger partial charge >= 0.3 is 12.1 Å². The van der Waals surface area contributed by atoms with Crippen molar-refractivity contribution in [3.05, 3.63) is 35.9 Å². The van der Waals surface area contributed by atoms with Gasteiger partial charge in [0.15, 0.2) is 0 Å². The standard InChI is InChI=1S/C20H26N2O4/c1-21-15-7-8-16(21)10-20(9-15)13-22(11-17(20)18(23)24)19(25)26-12-14-5-3-2-4-6-14/h2-6,15-17H,7-13H2,1H3,(H,23,24). The highest BCUT2D eigenvalue weighted by Crippen LogP contribution is 2.52. The summed E-state index contributed by atoms with van der Waals surface area (Å²) >= 11 is 0. The van der Waals surface area contributed by atoms with E-state index >= 15 is 0 Å². The molecule has 6 heteroatoms. The highest BCUT2D eigenvalue weighted by atomic mass is 16.6. The van der Waals surface area contributed by atoms with Crippen molar-refractivity contribution in [1.29, 1.82) is 0 Å². The van der Waals surface area contributed by atoms with Crippen LogP contribution in [0.25, 0.3) is 0 Å². The lowest BCUT2D eigenvalue weighted by Crippen LogP contribution is -2.50. The maximum atomic E-state index is 12.6. The predicted molar refractivity (Wildman–Crippen MR) is 95.6 cm³/mol. The number of benzene rings is 1. The molecule has 2 bridgehead atoms. The van der Waals surface area contributed by atoms with Crippen LogP contribution in [0, 0.1) is 11.3 Å². The van der Waals surface area contributed by atoms with Gasteiger partial charge in [-0.3, -0.25) is 4.79 Å². The molecule has 3 atom stereocenters. The molecule has 1 N–H and O–H groups in total. The van der Waals surface area contributed by atoms with E-state index in [9.17, 15) is 14.7 Å². The summed E-state index contributed by atoms with van der Waals surface area (Å²) in [6, 6.07) is 10.4. The highest BCUT2D eigenvalue weighted by molar-refractivity contribution is 5.75. The molecule has 6 nitrogen and oxygen atoms in total. The van der Waals surface area contributed by atoms with Gasteiger partial charge in [0.2, 0.25) is 0 Å². The van der Waals surface area contributed by atoms with Crippen LogP contribution in [-0.2, 0) is 16.1 Å². The van der Waals surface area contributed by atoms with E-state index in [2.05, 4.69) is 11.9 Å². The van der Waals surface area contributed by atoms with Crippen molar-refractivity contribution < 1.29 is 19.4 Å². The van der Waals surface area contributed by atoms with Crippen LogP contribution in [0.1, 0.15) is 31.2 Å². The van der Waals surface area contributed by atoms with Gasteiger partial charge in [0.25, 0.3) is 0 Å². The minimum Gasteiger partial charge on any atom is -0.481 e. The summed E-state index contributed by atoms with van der Waals surface area (Å²) in [5.41, 5.74) is 0.623. The Kier molecular flexibility index (Phi) is 4.39. The summed E-state index contributed by atoms with van der Waals surface area (Å²) in [4.78, 5) is 28.5. The first-order valence-electron chi connectivity index (χ1n) is 9.39. The van der Waals surface area contributed by atoms with Gasteiger partial charge in [0.1, 0.15) is 6.61 Å². The second-order valence-corrected chi connectivity index (χ2v) is 8.13. The van der Waals surface area contributed by atoms with Gasteiger partial charge < -0.3 is 19.6 Å². The summed E-state index contributed by atoms with van der Waals surface area (Å²) in [6.07, 6.45) is 3.59. The third kappa shape index (κ3) is 2.96. The van der Waals surface area contributed by atoms with Crippen LogP contribution in [0.15, 0.2) is 30.3 Å². The lowest BCUT2D eigenvalue weighted by Gasteiger charge is -2.44. The van der Waals surface area contributed by atoms with Crippen LogP contribution >= 0.6 is 0 Å². The summed E-state index contributed by atoms with van der Waals surface area (Å²) < 4.78 is 5.45. The Morgan fingerprint density at radius 1 is 1.19 bits per heavy atom. The average Bonchev–Trinajstić information content (AvgIpc) is 3.08. The minimum atomic E-state index is -0.785. The van der Waals surface area contributed by atoms with Crippen molar-refractivity contribution in [1.82, 2.24) is 9.80 Å². The normalized spacial score (nSPS) is 33.6. The summed E-state index contributed by atoms with van der Waals surface area (Å²) in [5.74, 6) is -1.28. The third-order valence-corrected chi connectivity index (χ3v) is 6.68. The Hall–Kier alpha value is -2.08. The fraction of sp³-hybridized carbons (Fsp3) is 0.600. The molecule has 1 amide bonds. The van der Waals surface area contributed by atoms with E-state index in [0.717, 1.165) is 31.2 Å². The van der Waals surface area contributed by atoms with Crippen molar-refractivity contribution in [3.8, 4) is 0 Å². The largest absolute Gasteiger partial charge is 0.481 e.